The maximum atomic E-state index is 13.4. The van der Waals surface area contributed by atoms with Crippen molar-refractivity contribution in [2.75, 3.05) is 16.4 Å². The van der Waals surface area contributed by atoms with Crippen LogP contribution in [0.1, 0.15) is 27.0 Å². The smallest absolute Gasteiger partial charge is 0.325 e. The van der Waals surface area contributed by atoms with Gasteiger partial charge in [0.05, 0.1) is 17.0 Å². The number of carbonyl (C=O) groups excluding carboxylic acids is 3. The lowest BCUT2D eigenvalue weighted by Gasteiger charge is -2.14. The van der Waals surface area contributed by atoms with Crippen LogP contribution in [0, 0.1) is 6.92 Å². The number of hydrogen-bond acceptors (Lipinski definition) is 4. The number of hydrogen-bond donors (Lipinski definition) is 3. The first kappa shape index (κ1) is 31.4. The van der Waals surface area contributed by atoms with Gasteiger partial charge < -0.3 is 16.0 Å². The molecule has 4 rings (SSSR count). The highest BCUT2D eigenvalue weighted by atomic mass is 35.5. The molecule has 0 aliphatic rings. The second-order valence-corrected chi connectivity index (χ2v) is 10.8. The first-order valence-corrected chi connectivity index (χ1v) is 14.2. The molecule has 0 atom stereocenters. The largest absolute Gasteiger partial charge is 0.418 e. The average Bonchev–Trinajstić information content (AvgIpc) is 2.98. The van der Waals surface area contributed by atoms with Gasteiger partial charge in [-0.15, -0.1) is 11.8 Å². The van der Waals surface area contributed by atoms with Gasteiger partial charge >= 0.3 is 6.18 Å². The van der Waals surface area contributed by atoms with Crippen molar-refractivity contribution in [3.05, 3.63) is 130 Å². The van der Waals surface area contributed by atoms with E-state index in [0.29, 0.717) is 21.7 Å². The normalized spacial score (nSPS) is 11.5. The highest BCUT2D eigenvalue weighted by molar-refractivity contribution is 8.00. The van der Waals surface area contributed by atoms with Gasteiger partial charge in [-0.25, -0.2) is 0 Å². The first-order valence-electron chi connectivity index (χ1n) is 12.8. The molecule has 3 N–H and O–H groups in total. The maximum Gasteiger partial charge on any atom is 0.418 e. The van der Waals surface area contributed by atoms with Crippen LogP contribution in [0.4, 0.5) is 24.5 Å². The van der Waals surface area contributed by atoms with Crippen LogP contribution in [0.2, 0.25) is 5.02 Å². The Kier molecular flexibility index (Phi) is 10.3. The summed E-state index contributed by atoms with van der Waals surface area (Å²) in [7, 11) is 0. The second-order valence-electron chi connectivity index (χ2n) is 9.30. The molecular weight excluding hydrogens is 599 g/mol. The number of benzene rings is 4. The molecule has 0 aromatic heterocycles. The molecule has 4 aromatic rings. The molecule has 0 aliphatic heterocycles. The van der Waals surface area contributed by atoms with Crippen LogP contribution in [0.5, 0.6) is 0 Å². The van der Waals surface area contributed by atoms with Gasteiger partial charge in [-0.2, -0.15) is 13.2 Å². The van der Waals surface area contributed by atoms with Crippen LogP contribution in [-0.2, 0) is 15.8 Å². The van der Waals surface area contributed by atoms with Gasteiger partial charge in [-0.05, 0) is 67.1 Å². The van der Waals surface area contributed by atoms with E-state index in [4.69, 9.17) is 11.6 Å². The fourth-order valence-corrected chi connectivity index (χ4v) is 4.76. The maximum absolute atomic E-state index is 13.4. The summed E-state index contributed by atoms with van der Waals surface area (Å²) in [5.41, 5.74) is 1.07. The minimum atomic E-state index is -4.69. The molecule has 0 saturated heterocycles. The van der Waals surface area contributed by atoms with Crippen LogP contribution < -0.4 is 16.0 Å². The van der Waals surface area contributed by atoms with E-state index in [0.717, 1.165) is 29.5 Å². The Labute approximate surface area is 255 Å². The minimum absolute atomic E-state index is 0.0126. The fraction of sp³-hybridized carbons (Fsp3) is 0.0938. The van der Waals surface area contributed by atoms with E-state index in [9.17, 15) is 27.6 Å². The summed E-state index contributed by atoms with van der Waals surface area (Å²) in [6.45, 7) is 1.93. The second kappa shape index (κ2) is 14.1. The fourth-order valence-electron chi connectivity index (χ4n) is 3.83. The van der Waals surface area contributed by atoms with Crippen LogP contribution in [0.3, 0.4) is 0 Å². The van der Waals surface area contributed by atoms with Gasteiger partial charge in [-0.3, -0.25) is 14.4 Å². The van der Waals surface area contributed by atoms with Gasteiger partial charge in [0.2, 0.25) is 5.91 Å². The summed E-state index contributed by atoms with van der Waals surface area (Å²) in [5.74, 6) is -1.88. The number of alkyl halides is 3. The highest BCUT2D eigenvalue weighted by Gasteiger charge is 2.34. The molecule has 4 aromatic carbocycles. The summed E-state index contributed by atoms with van der Waals surface area (Å²) < 4.78 is 40.1. The van der Waals surface area contributed by atoms with Crippen molar-refractivity contribution in [2.24, 2.45) is 0 Å². The molecule has 0 spiro atoms. The van der Waals surface area contributed by atoms with E-state index in [2.05, 4.69) is 16.0 Å². The summed E-state index contributed by atoms with van der Waals surface area (Å²) in [6, 6.07) is 25.6. The molecule has 220 valence electrons. The van der Waals surface area contributed by atoms with Crippen LogP contribution >= 0.6 is 23.4 Å². The predicted octanol–water partition coefficient (Wildman–Crippen LogP) is 7.81. The summed E-state index contributed by atoms with van der Waals surface area (Å²) >= 11 is 6.77. The number of rotatable bonds is 9. The molecule has 0 radical (unpaired) electrons. The van der Waals surface area contributed by atoms with Crippen molar-refractivity contribution < 1.29 is 27.6 Å². The molecule has 0 unspecified atom stereocenters. The van der Waals surface area contributed by atoms with Crippen molar-refractivity contribution in [3.63, 3.8) is 0 Å². The Morgan fingerprint density at radius 3 is 2.28 bits per heavy atom. The molecule has 43 heavy (non-hydrogen) atoms. The number of anilines is 2. The zero-order chi connectivity index (χ0) is 31.0. The highest BCUT2D eigenvalue weighted by Crippen LogP contribution is 2.36. The summed E-state index contributed by atoms with van der Waals surface area (Å²) in [6.07, 6.45) is -3.13. The van der Waals surface area contributed by atoms with E-state index in [1.807, 2.05) is 31.2 Å². The summed E-state index contributed by atoms with van der Waals surface area (Å²) in [5, 5.41) is 7.61. The van der Waals surface area contributed by atoms with Gasteiger partial charge in [0.1, 0.15) is 5.70 Å². The monoisotopic (exact) mass is 623 g/mol. The average molecular weight is 624 g/mol. The lowest BCUT2D eigenvalue weighted by Crippen LogP contribution is -2.30. The molecular formula is C32H25ClF3N3O3S. The van der Waals surface area contributed by atoms with Crippen LogP contribution in [0.25, 0.3) is 6.08 Å². The Morgan fingerprint density at radius 1 is 0.860 bits per heavy atom. The van der Waals surface area contributed by atoms with Crippen LogP contribution in [-0.4, -0.2) is 23.5 Å². The SMILES string of the molecule is Cc1ccc(/C=C(\NC(=O)c2ccccc2)C(=O)Nc2cccc(SCC(=O)Nc3ccc(Cl)cc3C(F)(F)F)c2)cc1. The molecule has 0 aliphatic carbocycles. The van der Waals surface area contributed by atoms with E-state index in [1.54, 1.807) is 60.7 Å². The number of nitrogens with one attached hydrogen (secondary N) is 3. The third kappa shape index (κ3) is 9.22. The van der Waals surface area contributed by atoms with Gasteiger partial charge in [-0.1, -0.05) is 65.7 Å². The van der Waals surface area contributed by atoms with Gasteiger partial charge in [0.15, 0.2) is 0 Å². The predicted molar refractivity (Wildman–Crippen MR) is 164 cm³/mol. The molecule has 0 fully saturated rings. The minimum Gasteiger partial charge on any atom is -0.325 e. The lowest BCUT2D eigenvalue weighted by atomic mass is 10.1. The Morgan fingerprint density at radius 2 is 1.58 bits per heavy atom. The van der Waals surface area contributed by atoms with E-state index < -0.39 is 35.1 Å². The van der Waals surface area contributed by atoms with Crippen molar-refractivity contribution in [3.8, 4) is 0 Å². The molecule has 3 amide bonds. The third-order valence-electron chi connectivity index (χ3n) is 5.94. The molecule has 6 nitrogen and oxygen atoms in total. The van der Waals surface area contributed by atoms with Crippen molar-refractivity contribution >= 4 is 58.5 Å². The molecule has 0 bridgehead atoms. The van der Waals surface area contributed by atoms with E-state index >= 15 is 0 Å². The van der Waals surface area contributed by atoms with Gasteiger partial charge in [0, 0.05) is 21.2 Å². The molecule has 0 saturated carbocycles. The van der Waals surface area contributed by atoms with Crippen molar-refractivity contribution in [2.45, 2.75) is 18.0 Å². The van der Waals surface area contributed by atoms with Gasteiger partial charge in [0.25, 0.3) is 11.8 Å². The van der Waals surface area contributed by atoms with E-state index in [-0.39, 0.29) is 16.5 Å². The lowest BCUT2D eigenvalue weighted by molar-refractivity contribution is -0.137. The summed E-state index contributed by atoms with van der Waals surface area (Å²) in [4.78, 5) is 39.2. The zero-order valence-electron chi connectivity index (χ0n) is 22.7. The van der Waals surface area contributed by atoms with Crippen molar-refractivity contribution in [1.82, 2.24) is 5.32 Å². The Balaban J connectivity index is 1.45. The zero-order valence-corrected chi connectivity index (χ0v) is 24.2. The van der Waals surface area contributed by atoms with Crippen molar-refractivity contribution in [1.29, 1.82) is 0 Å². The topological polar surface area (TPSA) is 87.3 Å². The number of thioether (sulfide) groups is 1. The Hall–Kier alpha value is -4.54. The molecule has 0 heterocycles. The molecule has 11 heteroatoms. The van der Waals surface area contributed by atoms with Crippen LogP contribution in [0.15, 0.2) is 108 Å². The Bertz CT molecular complexity index is 1660. The first-order chi connectivity index (χ1) is 20.5. The number of halogens is 4. The number of amides is 3. The number of aryl methyl sites for hydroxylation is 1. The standard InChI is InChI=1S/C32H25ClF3N3O3S/c1-20-10-12-21(13-11-20)16-28(39-30(41)22-6-3-2-4-7-22)31(42)37-24-8-5-9-25(18-24)43-19-29(40)38-27-15-14-23(33)17-26(27)32(34,35)36/h2-18H,19H2,1H3,(H,37,42)(H,38,40)(H,39,41)/b28-16-. The van der Waals surface area contributed by atoms with E-state index in [1.165, 1.54) is 6.07 Å². The quantitative estimate of drug-likeness (QED) is 0.131. The number of carbonyl (C=O) groups is 3. The third-order valence-corrected chi connectivity index (χ3v) is 7.17.